The lowest BCUT2D eigenvalue weighted by atomic mass is 10.0. The van der Waals surface area contributed by atoms with Gasteiger partial charge in [-0.25, -0.2) is 0 Å². The fraction of sp³-hybridized carbons (Fsp3) is 0.429. The molecule has 1 aliphatic rings. The van der Waals surface area contributed by atoms with E-state index in [0.29, 0.717) is 13.2 Å². The van der Waals surface area contributed by atoms with Gasteiger partial charge in [0.25, 0.3) is 0 Å². The lowest BCUT2D eigenvalue weighted by Gasteiger charge is -2.32. The fourth-order valence-corrected chi connectivity index (χ4v) is 2.16. The molecule has 1 aromatic rings. The van der Waals surface area contributed by atoms with Crippen LogP contribution in [0.2, 0.25) is 0 Å². The van der Waals surface area contributed by atoms with E-state index in [1.165, 1.54) is 0 Å². The van der Waals surface area contributed by atoms with Gasteiger partial charge in [-0.05, 0) is 12.0 Å². The number of benzene rings is 1. The van der Waals surface area contributed by atoms with E-state index >= 15 is 0 Å². The highest BCUT2D eigenvalue weighted by Gasteiger charge is 2.33. The van der Waals surface area contributed by atoms with Gasteiger partial charge in [0.1, 0.15) is 6.04 Å². The largest absolute Gasteiger partial charge is 0.385 e. The number of hydrogen-bond acceptors (Lipinski definition) is 3. The molecule has 2 amide bonds. The second kappa shape index (κ2) is 6.33. The monoisotopic (exact) mass is 262 g/mol. The van der Waals surface area contributed by atoms with Gasteiger partial charge in [0.2, 0.25) is 11.8 Å². The minimum Gasteiger partial charge on any atom is -0.385 e. The molecule has 0 aromatic heterocycles. The van der Waals surface area contributed by atoms with E-state index in [9.17, 15) is 9.59 Å². The molecule has 1 heterocycles. The van der Waals surface area contributed by atoms with Gasteiger partial charge in [0, 0.05) is 20.3 Å². The van der Waals surface area contributed by atoms with Crippen LogP contribution in [-0.4, -0.2) is 43.5 Å². The Labute approximate surface area is 112 Å². The van der Waals surface area contributed by atoms with E-state index in [1.54, 1.807) is 12.0 Å². The van der Waals surface area contributed by atoms with Gasteiger partial charge in [0.15, 0.2) is 0 Å². The molecule has 0 saturated carbocycles. The van der Waals surface area contributed by atoms with Crippen molar-refractivity contribution in [1.29, 1.82) is 0 Å². The number of piperazine rings is 1. The van der Waals surface area contributed by atoms with Crippen molar-refractivity contribution in [2.75, 3.05) is 26.8 Å². The third-order valence-corrected chi connectivity index (χ3v) is 3.11. The average molecular weight is 262 g/mol. The minimum absolute atomic E-state index is 0.0538. The van der Waals surface area contributed by atoms with E-state index in [-0.39, 0.29) is 18.4 Å². The molecule has 2 rings (SSSR count). The van der Waals surface area contributed by atoms with Gasteiger partial charge in [-0.3, -0.25) is 9.59 Å². The summed E-state index contributed by atoms with van der Waals surface area (Å²) in [4.78, 5) is 25.6. The third-order valence-electron chi connectivity index (χ3n) is 3.11. The van der Waals surface area contributed by atoms with Crippen molar-refractivity contribution >= 4 is 11.8 Å². The van der Waals surface area contributed by atoms with Crippen molar-refractivity contribution < 1.29 is 14.3 Å². The van der Waals surface area contributed by atoms with Crippen LogP contribution in [0.5, 0.6) is 0 Å². The molecule has 1 fully saturated rings. The molecule has 1 aliphatic heterocycles. The summed E-state index contributed by atoms with van der Waals surface area (Å²) in [6, 6.07) is 8.74. The van der Waals surface area contributed by atoms with Crippen LogP contribution in [0.25, 0.3) is 0 Å². The summed E-state index contributed by atoms with van der Waals surface area (Å²) in [5.74, 6) is -0.173. The first-order valence-corrected chi connectivity index (χ1v) is 6.34. The smallest absolute Gasteiger partial charge is 0.250 e. The molecule has 1 N–H and O–H groups in total. The number of carbonyl (C=O) groups excluding carboxylic acids is 2. The highest BCUT2D eigenvalue weighted by atomic mass is 16.5. The SMILES string of the molecule is COCCCN1CC(=O)NC(c2ccccc2)C1=O. The standard InChI is InChI=1S/C14H18N2O3/c1-19-9-5-8-16-10-12(17)15-13(14(16)18)11-6-3-2-4-7-11/h2-4,6-7,13H,5,8-10H2,1H3,(H,15,17). The molecular formula is C14H18N2O3. The zero-order chi connectivity index (χ0) is 13.7. The Morgan fingerprint density at radius 1 is 1.32 bits per heavy atom. The van der Waals surface area contributed by atoms with Crippen molar-refractivity contribution in [3.05, 3.63) is 35.9 Å². The predicted molar refractivity (Wildman–Crippen MR) is 70.4 cm³/mol. The number of ether oxygens (including phenoxy) is 1. The quantitative estimate of drug-likeness (QED) is 0.796. The molecule has 1 atom stereocenters. The molecule has 5 heteroatoms. The Morgan fingerprint density at radius 3 is 2.74 bits per heavy atom. The van der Waals surface area contributed by atoms with Gasteiger partial charge in [0.05, 0.1) is 6.54 Å². The molecule has 5 nitrogen and oxygen atoms in total. The topological polar surface area (TPSA) is 58.6 Å². The van der Waals surface area contributed by atoms with Crippen LogP contribution in [0.4, 0.5) is 0 Å². The van der Waals surface area contributed by atoms with Crippen LogP contribution in [0, 0.1) is 0 Å². The minimum atomic E-state index is -0.565. The van der Waals surface area contributed by atoms with Crippen LogP contribution >= 0.6 is 0 Å². The number of nitrogens with zero attached hydrogens (tertiary/aromatic N) is 1. The summed E-state index contributed by atoms with van der Waals surface area (Å²) in [6.45, 7) is 1.26. The van der Waals surface area contributed by atoms with Crippen LogP contribution < -0.4 is 5.32 Å². The first-order valence-electron chi connectivity index (χ1n) is 6.34. The lowest BCUT2D eigenvalue weighted by Crippen LogP contribution is -2.53. The Hall–Kier alpha value is -1.88. The van der Waals surface area contributed by atoms with Crippen molar-refractivity contribution in [3.63, 3.8) is 0 Å². The predicted octanol–water partition coefficient (Wildman–Crippen LogP) is 0.723. The van der Waals surface area contributed by atoms with Gasteiger partial charge >= 0.3 is 0 Å². The molecule has 0 radical (unpaired) electrons. The number of nitrogens with one attached hydrogen (secondary N) is 1. The lowest BCUT2D eigenvalue weighted by molar-refractivity contribution is -0.144. The Bertz CT molecular complexity index is 447. The zero-order valence-corrected chi connectivity index (χ0v) is 11.0. The van der Waals surface area contributed by atoms with Crippen molar-refractivity contribution in [2.24, 2.45) is 0 Å². The molecule has 0 aliphatic carbocycles. The summed E-state index contributed by atoms with van der Waals surface area (Å²) >= 11 is 0. The second-order valence-corrected chi connectivity index (χ2v) is 4.52. The van der Waals surface area contributed by atoms with Crippen LogP contribution in [0.15, 0.2) is 30.3 Å². The molecule has 0 bridgehead atoms. The average Bonchev–Trinajstić information content (AvgIpc) is 2.43. The van der Waals surface area contributed by atoms with Crippen LogP contribution in [0.3, 0.4) is 0 Å². The van der Waals surface area contributed by atoms with Gasteiger partial charge in [-0.1, -0.05) is 30.3 Å². The molecule has 102 valence electrons. The summed E-state index contributed by atoms with van der Waals surface area (Å²) in [5.41, 5.74) is 0.817. The third kappa shape index (κ3) is 3.32. The normalized spacial score (nSPS) is 19.4. The molecule has 1 saturated heterocycles. The fourth-order valence-electron chi connectivity index (χ4n) is 2.16. The maximum Gasteiger partial charge on any atom is 0.250 e. The number of amides is 2. The molecular weight excluding hydrogens is 244 g/mol. The number of methoxy groups -OCH3 is 1. The Morgan fingerprint density at radius 2 is 2.05 bits per heavy atom. The van der Waals surface area contributed by atoms with E-state index in [4.69, 9.17) is 4.74 Å². The second-order valence-electron chi connectivity index (χ2n) is 4.52. The van der Waals surface area contributed by atoms with E-state index in [0.717, 1.165) is 12.0 Å². The van der Waals surface area contributed by atoms with Crippen LogP contribution in [0.1, 0.15) is 18.0 Å². The van der Waals surface area contributed by atoms with E-state index in [2.05, 4.69) is 5.32 Å². The van der Waals surface area contributed by atoms with Gasteiger partial charge in [-0.2, -0.15) is 0 Å². The van der Waals surface area contributed by atoms with Gasteiger partial charge in [-0.15, -0.1) is 0 Å². The van der Waals surface area contributed by atoms with Gasteiger partial charge < -0.3 is 15.0 Å². The number of rotatable bonds is 5. The summed E-state index contributed by atoms with van der Waals surface area (Å²) in [5, 5.41) is 2.74. The maximum atomic E-state index is 12.3. The zero-order valence-electron chi connectivity index (χ0n) is 11.0. The van der Waals surface area contributed by atoms with Crippen molar-refractivity contribution in [3.8, 4) is 0 Å². The van der Waals surface area contributed by atoms with Crippen molar-refractivity contribution in [2.45, 2.75) is 12.5 Å². The molecule has 1 aromatic carbocycles. The number of carbonyl (C=O) groups is 2. The van der Waals surface area contributed by atoms with Crippen LogP contribution in [-0.2, 0) is 14.3 Å². The highest BCUT2D eigenvalue weighted by molar-refractivity contribution is 5.95. The molecule has 0 spiro atoms. The molecule has 1 unspecified atom stereocenters. The highest BCUT2D eigenvalue weighted by Crippen LogP contribution is 2.19. The van der Waals surface area contributed by atoms with Crippen molar-refractivity contribution in [1.82, 2.24) is 10.2 Å². The maximum absolute atomic E-state index is 12.3. The summed E-state index contributed by atoms with van der Waals surface area (Å²) < 4.78 is 4.97. The Balaban J connectivity index is 2.08. The Kier molecular flexibility index (Phi) is 4.52. The first kappa shape index (κ1) is 13.5. The van der Waals surface area contributed by atoms with E-state index < -0.39 is 6.04 Å². The molecule has 19 heavy (non-hydrogen) atoms. The summed E-state index contributed by atoms with van der Waals surface area (Å²) in [6.07, 6.45) is 0.733. The first-order chi connectivity index (χ1) is 9.22. The number of hydrogen-bond donors (Lipinski definition) is 1. The summed E-state index contributed by atoms with van der Waals surface area (Å²) in [7, 11) is 1.62. The van der Waals surface area contributed by atoms with E-state index in [1.807, 2.05) is 30.3 Å².